The smallest absolute Gasteiger partial charge is 0.410 e. The Morgan fingerprint density at radius 2 is 1.97 bits per heavy atom. The molecule has 2 saturated heterocycles. The summed E-state index contributed by atoms with van der Waals surface area (Å²) in [6.45, 7) is 10.3. The van der Waals surface area contributed by atoms with E-state index in [-0.39, 0.29) is 17.6 Å². The topological polar surface area (TPSA) is 95.5 Å². The van der Waals surface area contributed by atoms with Gasteiger partial charge in [0.05, 0.1) is 24.9 Å². The van der Waals surface area contributed by atoms with Crippen molar-refractivity contribution in [1.82, 2.24) is 24.8 Å². The highest BCUT2D eigenvalue weighted by atomic mass is 16.6. The Kier molecular flexibility index (Phi) is 4.96. The highest BCUT2D eigenvalue weighted by Crippen LogP contribution is 2.32. The number of benzene rings is 1. The van der Waals surface area contributed by atoms with Crippen molar-refractivity contribution in [3.05, 3.63) is 30.3 Å². The second kappa shape index (κ2) is 7.58. The number of carbonyl (C=O) groups is 1. The molecule has 2 aliphatic heterocycles. The summed E-state index contributed by atoms with van der Waals surface area (Å²) in [6, 6.07) is 6.09. The van der Waals surface area contributed by atoms with Crippen LogP contribution in [0.25, 0.3) is 22.3 Å². The summed E-state index contributed by atoms with van der Waals surface area (Å²) in [5, 5.41) is 9.88. The van der Waals surface area contributed by atoms with Gasteiger partial charge < -0.3 is 18.9 Å². The fourth-order valence-corrected chi connectivity index (χ4v) is 4.26. The standard InChI is InChI=1S/C23H29N5O4/c1-22(2,3)31-21(29)27-9-7-15(8-10-27)20-25-19(26-32-20)16-5-6-17-12-24-28(18(17)11-16)23(4)13-30-14-23/h5-6,11-12,15H,7-10,13-14H2,1-4H3. The number of aromatic nitrogens is 4. The molecule has 0 atom stereocenters. The number of amides is 1. The zero-order valence-electron chi connectivity index (χ0n) is 19.0. The molecule has 9 nitrogen and oxygen atoms in total. The second-order valence-electron chi connectivity index (χ2n) is 10.0. The fraction of sp³-hybridized carbons (Fsp3) is 0.565. The second-order valence-corrected chi connectivity index (χ2v) is 10.0. The Hall–Kier alpha value is -2.94. The number of fused-ring (bicyclic) bond motifs is 1. The van der Waals surface area contributed by atoms with E-state index in [0.717, 1.165) is 29.3 Å². The number of ether oxygens (including phenoxy) is 2. The molecule has 2 fully saturated rings. The van der Waals surface area contributed by atoms with Crippen LogP contribution in [-0.4, -0.2) is 62.8 Å². The van der Waals surface area contributed by atoms with Crippen LogP contribution in [-0.2, 0) is 15.0 Å². The molecule has 1 aromatic carbocycles. The minimum absolute atomic E-state index is 0.120. The predicted molar refractivity (Wildman–Crippen MR) is 117 cm³/mol. The van der Waals surface area contributed by atoms with E-state index < -0.39 is 5.60 Å². The van der Waals surface area contributed by atoms with Gasteiger partial charge >= 0.3 is 6.09 Å². The first kappa shape index (κ1) is 20.9. The first-order valence-electron chi connectivity index (χ1n) is 11.1. The van der Waals surface area contributed by atoms with Crippen molar-refractivity contribution in [2.45, 2.75) is 57.6 Å². The summed E-state index contributed by atoms with van der Waals surface area (Å²) in [5.74, 6) is 1.33. The molecular weight excluding hydrogens is 410 g/mol. The van der Waals surface area contributed by atoms with E-state index >= 15 is 0 Å². The third-order valence-corrected chi connectivity index (χ3v) is 6.10. The molecule has 2 aromatic heterocycles. The lowest BCUT2D eigenvalue weighted by Gasteiger charge is -2.38. The van der Waals surface area contributed by atoms with Crippen LogP contribution in [0.2, 0.25) is 0 Å². The van der Waals surface area contributed by atoms with Crippen LogP contribution in [0, 0.1) is 0 Å². The van der Waals surface area contributed by atoms with Gasteiger partial charge in [0.15, 0.2) is 0 Å². The molecule has 0 radical (unpaired) electrons. The van der Waals surface area contributed by atoms with Crippen molar-refractivity contribution in [2.75, 3.05) is 26.3 Å². The molecule has 0 spiro atoms. The third-order valence-electron chi connectivity index (χ3n) is 6.10. The Morgan fingerprint density at radius 1 is 1.22 bits per heavy atom. The van der Waals surface area contributed by atoms with Crippen LogP contribution in [0.3, 0.4) is 0 Å². The normalized spacial score (nSPS) is 19.2. The van der Waals surface area contributed by atoms with E-state index in [0.29, 0.717) is 38.0 Å². The van der Waals surface area contributed by atoms with Gasteiger partial charge in [-0.1, -0.05) is 17.3 Å². The van der Waals surface area contributed by atoms with E-state index in [1.807, 2.05) is 43.8 Å². The molecule has 0 unspecified atom stereocenters. The lowest BCUT2D eigenvalue weighted by molar-refractivity contribution is -0.0934. The molecule has 170 valence electrons. The predicted octanol–water partition coefficient (Wildman–Crippen LogP) is 3.95. The average molecular weight is 440 g/mol. The van der Waals surface area contributed by atoms with E-state index in [9.17, 15) is 4.79 Å². The molecular formula is C23H29N5O4. The Balaban J connectivity index is 1.30. The van der Waals surface area contributed by atoms with Gasteiger partial charge in [-0.25, -0.2) is 4.79 Å². The molecule has 5 rings (SSSR count). The van der Waals surface area contributed by atoms with Gasteiger partial charge in [0, 0.05) is 30.0 Å². The molecule has 4 heterocycles. The van der Waals surface area contributed by atoms with Gasteiger partial charge in [-0.15, -0.1) is 0 Å². The zero-order chi connectivity index (χ0) is 22.5. The quantitative estimate of drug-likeness (QED) is 0.610. The third kappa shape index (κ3) is 3.85. The zero-order valence-corrected chi connectivity index (χ0v) is 19.0. The number of likely N-dealkylation sites (tertiary alicyclic amines) is 1. The molecule has 9 heteroatoms. The van der Waals surface area contributed by atoms with Gasteiger partial charge in [0.25, 0.3) is 0 Å². The Morgan fingerprint density at radius 3 is 2.62 bits per heavy atom. The molecule has 32 heavy (non-hydrogen) atoms. The fourth-order valence-electron chi connectivity index (χ4n) is 4.26. The summed E-state index contributed by atoms with van der Waals surface area (Å²) < 4.78 is 18.5. The molecule has 2 aliphatic rings. The number of carbonyl (C=O) groups excluding carboxylic acids is 1. The minimum Gasteiger partial charge on any atom is -0.444 e. The van der Waals surface area contributed by atoms with Crippen LogP contribution < -0.4 is 0 Å². The Bertz CT molecular complexity index is 1130. The van der Waals surface area contributed by atoms with Gasteiger partial charge in [0.2, 0.25) is 11.7 Å². The maximum atomic E-state index is 12.3. The lowest BCUT2D eigenvalue weighted by atomic mass is 9.97. The summed E-state index contributed by atoms with van der Waals surface area (Å²) in [5.41, 5.74) is 1.31. The highest BCUT2D eigenvalue weighted by molar-refractivity contribution is 5.83. The van der Waals surface area contributed by atoms with Gasteiger partial charge in [-0.05, 0) is 46.6 Å². The van der Waals surface area contributed by atoms with Gasteiger partial charge in [-0.3, -0.25) is 4.68 Å². The highest BCUT2D eigenvalue weighted by Gasteiger charge is 2.37. The van der Waals surface area contributed by atoms with E-state index in [4.69, 9.17) is 14.0 Å². The van der Waals surface area contributed by atoms with Gasteiger partial charge in [-0.2, -0.15) is 10.1 Å². The average Bonchev–Trinajstić information content (AvgIpc) is 3.38. The van der Waals surface area contributed by atoms with Crippen LogP contribution in [0.4, 0.5) is 4.79 Å². The maximum Gasteiger partial charge on any atom is 0.410 e. The van der Waals surface area contributed by atoms with E-state index in [1.54, 1.807) is 4.90 Å². The summed E-state index contributed by atoms with van der Waals surface area (Å²) >= 11 is 0. The Labute approximate surface area is 186 Å². The van der Waals surface area contributed by atoms with Crippen LogP contribution in [0.1, 0.15) is 52.3 Å². The molecule has 0 N–H and O–H groups in total. The molecule has 3 aromatic rings. The lowest BCUT2D eigenvalue weighted by Crippen LogP contribution is -2.49. The number of hydrogen-bond acceptors (Lipinski definition) is 7. The monoisotopic (exact) mass is 439 g/mol. The van der Waals surface area contributed by atoms with Crippen LogP contribution in [0.5, 0.6) is 0 Å². The van der Waals surface area contributed by atoms with Crippen molar-refractivity contribution < 1.29 is 18.8 Å². The minimum atomic E-state index is -0.491. The molecule has 0 bridgehead atoms. The maximum absolute atomic E-state index is 12.3. The van der Waals surface area contributed by atoms with Crippen molar-refractivity contribution >= 4 is 17.0 Å². The molecule has 1 amide bonds. The summed E-state index contributed by atoms with van der Waals surface area (Å²) in [7, 11) is 0. The van der Waals surface area contributed by atoms with Gasteiger partial charge in [0.1, 0.15) is 11.1 Å². The molecule has 0 aliphatic carbocycles. The largest absolute Gasteiger partial charge is 0.444 e. The van der Waals surface area contributed by atoms with Crippen molar-refractivity contribution in [1.29, 1.82) is 0 Å². The van der Waals surface area contributed by atoms with E-state index in [1.165, 1.54) is 0 Å². The summed E-state index contributed by atoms with van der Waals surface area (Å²) in [6.07, 6.45) is 3.15. The van der Waals surface area contributed by atoms with Crippen LogP contribution >= 0.6 is 0 Å². The van der Waals surface area contributed by atoms with Crippen molar-refractivity contribution in [2.24, 2.45) is 0 Å². The van der Waals surface area contributed by atoms with Crippen LogP contribution in [0.15, 0.2) is 28.9 Å². The SMILES string of the molecule is CC(C)(C)OC(=O)N1CCC(c2nc(-c3ccc4cnn(C5(C)COC5)c4c3)no2)CC1. The van der Waals surface area contributed by atoms with E-state index in [2.05, 4.69) is 28.2 Å². The number of rotatable bonds is 3. The number of nitrogens with zero attached hydrogens (tertiary/aromatic N) is 5. The van der Waals surface area contributed by atoms with Crippen molar-refractivity contribution in [3.8, 4) is 11.4 Å². The first-order valence-corrected chi connectivity index (χ1v) is 11.1. The molecule has 0 saturated carbocycles. The van der Waals surface area contributed by atoms with Crippen molar-refractivity contribution in [3.63, 3.8) is 0 Å². The first-order chi connectivity index (χ1) is 15.2. The summed E-state index contributed by atoms with van der Waals surface area (Å²) in [4.78, 5) is 18.7. The number of piperidine rings is 1. The number of hydrogen-bond donors (Lipinski definition) is 0.